The molecule has 49 heavy (non-hydrogen) atoms. The van der Waals surface area contributed by atoms with E-state index >= 15 is 0 Å². The predicted molar refractivity (Wildman–Crippen MR) is 208 cm³/mol. The van der Waals surface area contributed by atoms with Crippen molar-refractivity contribution in [2.24, 2.45) is 0 Å². The second-order valence-electron chi connectivity index (χ2n) is 12.5. The molecule has 0 saturated heterocycles. The Bertz CT molecular complexity index is 3050. The van der Waals surface area contributed by atoms with E-state index in [-0.39, 0.29) is 24.2 Å². The smallest absolute Gasteiger partial charge is 0.136 e. The Morgan fingerprint density at radius 2 is 1.00 bits per heavy atom. The van der Waals surface area contributed by atoms with Gasteiger partial charge in [-0.3, -0.25) is 0 Å². The van der Waals surface area contributed by atoms with Gasteiger partial charge in [0.2, 0.25) is 0 Å². The minimum absolute atomic E-state index is 0.0475. The molecule has 0 radical (unpaired) electrons. The van der Waals surface area contributed by atoms with Gasteiger partial charge in [-0.25, -0.2) is 0 Å². The first-order valence-electron chi connectivity index (χ1n) is 18.5. The molecule has 1 heteroatoms. The van der Waals surface area contributed by atoms with Crippen LogP contribution < -0.4 is 0 Å². The summed E-state index contributed by atoms with van der Waals surface area (Å²) in [5, 5.41) is 7.76. The van der Waals surface area contributed by atoms with Crippen LogP contribution in [-0.2, 0) is 0 Å². The standard InChI is InChI=1S/C48H30O/c1-2-13-32(14-3-1)46-39-18-6-8-20-41(39)47(42-21-9-7-19-40(42)46)37-17-10-16-36(29-37)38-22-11-23-45-48(38)43-30-35(26-27-44(43)49-45)34-25-24-31-12-4-5-15-33(31)28-34/h1-30H/i10D,16D,17D,29D. The highest BCUT2D eigenvalue weighted by Gasteiger charge is 2.18. The Labute approximate surface area is 289 Å². The fourth-order valence-corrected chi connectivity index (χ4v) is 7.50. The number of hydrogen-bond acceptors (Lipinski definition) is 1. The van der Waals surface area contributed by atoms with Crippen LogP contribution in [0, 0.1) is 0 Å². The summed E-state index contributed by atoms with van der Waals surface area (Å²) in [6.07, 6.45) is 0. The van der Waals surface area contributed by atoms with Gasteiger partial charge in [0.1, 0.15) is 11.2 Å². The largest absolute Gasteiger partial charge is 0.456 e. The maximum Gasteiger partial charge on any atom is 0.136 e. The lowest BCUT2D eigenvalue weighted by Gasteiger charge is -2.18. The number of fused-ring (bicyclic) bond motifs is 6. The van der Waals surface area contributed by atoms with Crippen molar-refractivity contribution < 1.29 is 9.90 Å². The molecule has 10 rings (SSSR count). The van der Waals surface area contributed by atoms with E-state index in [1.165, 1.54) is 5.39 Å². The van der Waals surface area contributed by atoms with Gasteiger partial charge in [-0.15, -0.1) is 0 Å². The Kier molecular flexibility index (Phi) is 5.38. The van der Waals surface area contributed by atoms with E-state index < -0.39 is 0 Å². The SMILES string of the molecule is [2H]c1c([2H])c(-c2c3ccccc3c(-c3ccccc3)c3ccccc23)c([2H])c(-c2cccc3oc4ccc(-c5ccc6ccccc6c5)cc4c23)c1[2H]. The maximum atomic E-state index is 9.90. The van der Waals surface area contributed by atoms with E-state index in [1.807, 2.05) is 91.0 Å². The molecule has 0 atom stereocenters. The molecule has 1 heterocycles. The summed E-state index contributed by atoms with van der Waals surface area (Å²) in [7, 11) is 0. The Balaban J connectivity index is 1.26. The van der Waals surface area contributed by atoms with Crippen molar-refractivity contribution in [2.75, 3.05) is 0 Å². The first kappa shape index (κ1) is 23.8. The lowest BCUT2D eigenvalue weighted by Crippen LogP contribution is -1.91. The third-order valence-electron chi connectivity index (χ3n) is 9.72. The quantitative estimate of drug-likeness (QED) is 0.177. The van der Waals surface area contributed by atoms with Gasteiger partial charge in [0.25, 0.3) is 0 Å². The average Bonchev–Trinajstić information content (AvgIpc) is 3.59. The predicted octanol–water partition coefficient (Wildman–Crippen LogP) is 13.7. The Hall–Kier alpha value is -6.44. The van der Waals surface area contributed by atoms with Crippen LogP contribution in [0.4, 0.5) is 0 Å². The fraction of sp³-hybridized carbons (Fsp3) is 0. The minimum atomic E-state index is -0.215. The zero-order chi connectivity index (χ0) is 35.8. The maximum absolute atomic E-state index is 9.90. The normalized spacial score (nSPS) is 12.8. The second-order valence-corrected chi connectivity index (χ2v) is 12.5. The molecule has 1 aromatic heterocycles. The molecule has 0 fully saturated rings. The summed E-state index contributed by atoms with van der Waals surface area (Å²) in [6.45, 7) is 0. The van der Waals surface area contributed by atoms with Crippen molar-refractivity contribution in [1.29, 1.82) is 0 Å². The van der Waals surface area contributed by atoms with Gasteiger partial charge >= 0.3 is 0 Å². The first-order chi connectivity index (χ1) is 26.0. The van der Waals surface area contributed by atoms with Crippen LogP contribution in [0.3, 0.4) is 0 Å². The summed E-state index contributed by atoms with van der Waals surface area (Å²) < 4.78 is 44.1. The van der Waals surface area contributed by atoms with Gasteiger partial charge < -0.3 is 4.42 Å². The zero-order valence-corrected chi connectivity index (χ0v) is 26.4. The average molecular weight is 627 g/mol. The lowest BCUT2D eigenvalue weighted by atomic mass is 9.85. The lowest BCUT2D eigenvalue weighted by molar-refractivity contribution is 0.669. The molecule has 0 N–H and O–H groups in total. The van der Waals surface area contributed by atoms with E-state index in [2.05, 4.69) is 66.7 Å². The molecule has 0 amide bonds. The van der Waals surface area contributed by atoms with Crippen molar-refractivity contribution in [3.63, 3.8) is 0 Å². The first-order valence-corrected chi connectivity index (χ1v) is 16.5. The summed E-state index contributed by atoms with van der Waals surface area (Å²) in [5.41, 5.74) is 7.61. The van der Waals surface area contributed by atoms with Crippen molar-refractivity contribution >= 4 is 54.3 Å². The molecule has 10 aromatic rings. The number of hydrogen-bond donors (Lipinski definition) is 0. The number of rotatable bonds is 4. The van der Waals surface area contributed by atoms with E-state index in [0.29, 0.717) is 27.9 Å². The van der Waals surface area contributed by atoms with E-state index in [4.69, 9.17) is 4.42 Å². The van der Waals surface area contributed by atoms with Crippen LogP contribution in [0.15, 0.2) is 186 Å². The van der Waals surface area contributed by atoms with Gasteiger partial charge in [-0.05, 0) is 107 Å². The number of benzene rings is 9. The van der Waals surface area contributed by atoms with Crippen molar-refractivity contribution in [2.45, 2.75) is 0 Å². The van der Waals surface area contributed by atoms with E-state index in [1.54, 1.807) is 0 Å². The highest BCUT2D eigenvalue weighted by Crippen LogP contribution is 2.45. The van der Waals surface area contributed by atoms with Crippen molar-refractivity contribution in [3.05, 3.63) is 182 Å². The molecular weight excluding hydrogens is 593 g/mol. The van der Waals surface area contributed by atoms with Gasteiger partial charge in [-0.1, -0.05) is 152 Å². The summed E-state index contributed by atoms with van der Waals surface area (Å²) in [4.78, 5) is 0. The van der Waals surface area contributed by atoms with Gasteiger partial charge in [0.15, 0.2) is 0 Å². The number of furan rings is 1. The monoisotopic (exact) mass is 626 g/mol. The molecule has 228 valence electrons. The molecule has 0 bridgehead atoms. The third-order valence-corrected chi connectivity index (χ3v) is 9.72. The van der Waals surface area contributed by atoms with Crippen LogP contribution in [0.25, 0.3) is 98.8 Å². The van der Waals surface area contributed by atoms with Gasteiger partial charge in [-0.2, -0.15) is 0 Å². The molecule has 0 aliphatic carbocycles. The minimum Gasteiger partial charge on any atom is -0.456 e. The van der Waals surface area contributed by atoms with Crippen LogP contribution in [0.5, 0.6) is 0 Å². The summed E-state index contributed by atoms with van der Waals surface area (Å²) in [6, 6.07) is 52.7. The molecule has 9 aromatic carbocycles. The fourth-order valence-electron chi connectivity index (χ4n) is 7.50. The van der Waals surface area contributed by atoms with Gasteiger partial charge in [0, 0.05) is 10.8 Å². The molecule has 0 aliphatic rings. The Morgan fingerprint density at radius 3 is 1.76 bits per heavy atom. The van der Waals surface area contributed by atoms with Crippen LogP contribution in [-0.4, -0.2) is 0 Å². The molecular formula is C48H30O. The zero-order valence-electron chi connectivity index (χ0n) is 30.4. The highest BCUT2D eigenvalue weighted by molar-refractivity contribution is 6.22. The molecule has 0 spiro atoms. The molecule has 0 aliphatic heterocycles. The van der Waals surface area contributed by atoms with E-state index in [9.17, 15) is 5.48 Å². The molecule has 1 nitrogen and oxygen atoms in total. The van der Waals surface area contributed by atoms with Crippen LogP contribution in [0.2, 0.25) is 0 Å². The third kappa shape index (κ3) is 4.47. The topological polar surface area (TPSA) is 13.1 Å². The van der Waals surface area contributed by atoms with Crippen molar-refractivity contribution in [1.82, 2.24) is 0 Å². The van der Waals surface area contributed by atoms with E-state index in [0.717, 1.165) is 65.5 Å². The molecule has 0 unspecified atom stereocenters. The summed E-state index contributed by atoms with van der Waals surface area (Å²) in [5.74, 6) is 0. The van der Waals surface area contributed by atoms with Crippen LogP contribution >= 0.6 is 0 Å². The van der Waals surface area contributed by atoms with Gasteiger partial charge in [0.05, 0.1) is 5.48 Å². The molecule has 0 saturated carbocycles. The van der Waals surface area contributed by atoms with Crippen molar-refractivity contribution in [3.8, 4) is 44.5 Å². The Morgan fingerprint density at radius 1 is 0.388 bits per heavy atom. The van der Waals surface area contributed by atoms with Crippen LogP contribution in [0.1, 0.15) is 5.48 Å². The summed E-state index contributed by atoms with van der Waals surface area (Å²) >= 11 is 0. The highest BCUT2D eigenvalue weighted by atomic mass is 16.3. The second kappa shape index (κ2) is 11.1.